The van der Waals surface area contributed by atoms with Crippen LogP contribution in [0.25, 0.3) is 0 Å². The Hall–Kier alpha value is -2.66. The highest BCUT2D eigenvalue weighted by molar-refractivity contribution is 5.42. The minimum Gasteiger partial charge on any atom is -0.348 e. The standard InChI is InChI=1S/C18H18F3N5/c19-18(20,21)14-3-1-13(2-4-14)12-26(16-7-9-23-10-8-16)17-6-5-15(11-22)24-25-17/h1-6,16,23H,7-10,12H2. The highest BCUT2D eigenvalue weighted by Gasteiger charge is 2.30. The highest BCUT2D eigenvalue weighted by atomic mass is 19.4. The summed E-state index contributed by atoms with van der Waals surface area (Å²) in [6, 6.07) is 10.7. The molecule has 136 valence electrons. The molecule has 0 spiro atoms. The van der Waals surface area contributed by atoms with Crippen LogP contribution in [-0.4, -0.2) is 29.3 Å². The largest absolute Gasteiger partial charge is 0.416 e. The van der Waals surface area contributed by atoms with Crippen LogP contribution < -0.4 is 10.2 Å². The molecule has 1 saturated heterocycles. The number of nitrogens with one attached hydrogen (secondary N) is 1. The smallest absolute Gasteiger partial charge is 0.348 e. The summed E-state index contributed by atoms with van der Waals surface area (Å²) in [5.41, 5.74) is 0.337. The molecular formula is C18H18F3N5. The maximum atomic E-state index is 12.7. The number of benzene rings is 1. The third-order valence-corrected chi connectivity index (χ3v) is 4.44. The Labute approximate surface area is 149 Å². The summed E-state index contributed by atoms with van der Waals surface area (Å²) in [5.74, 6) is 0.621. The molecule has 3 rings (SSSR count). The fraction of sp³-hybridized carbons (Fsp3) is 0.389. The average molecular weight is 361 g/mol. The van der Waals surface area contributed by atoms with E-state index in [1.54, 1.807) is 12.1 Å². The second-order valence-corrected chi connectivity index (χ2v) is 6.19. The van der Waals surface area contributed by atoms with Gasteiger partial charge in [-0.25, -0.2) is 0 Å². The van der Waals surface area contributed by atoms with Gasteiger partial charge in [-0.3, -0.25) is 0 Å². The van der Waals surface area contributed by atoms with E-state index in [1.165, 1.54) is 12.1 Å². The summed E-state index contributed by atoms with van der Waals surface area (Å²) in [4.78, 5) is 2.05. The molecule has 26 heavy (non-hydrogen) atoms. The van der Waals surface area contributed by atoms with Crippen molar-refractivity contribution in [3.05, 3.63) is 53.2 Å². The Bertz CT molecular complexity index is 759. The normalized spacial score (nSPS) is 15.5. The van der Waals surface area contributed by atoms with Crippen molar-refractivity contribution < 1.29 is 13.2 Å². The molecular weight excluding hydrogens is 343 g/mol. The molecule has 0 aliphatic carbocycles. The minimum atomic E-state index is -4.34. The molecule has 2 heterocycles. The molecule has 1 aliphatic heterocycles. The van der Waals surface area contributed by atoms with Crippen LogP contribution in [0, 0.1) is 11.3 Å². The first-order valence-electron chi connectivity index (χ1n) is 8.35. The van der Waals surface area contributed by atoms with Gasteiger partial charge in [-0.1, -0.05) is 12.1 Å². The van der Waals surface area contributed by atoms with Gasteiger partial charge in [-0.2, -0.15) is 18.4 Å². The van der Waals surface area contributed by atoms with Gasteiger partial charge in [0.15, 0.2) is 11.5 Å². The molecule has 0 radical (unpaired) electrons. The van der Waals surface area contributed by atoms with E-state index >= 15 is 0 Å². The van der Waals surface area contributed by atoms with Crippen molar-refractivity contribution in [3.63, 3.8) is 0 Å². The molecule has 0 saturated carbocycles. The van der Waals surface area contributed by atoms with Crippen LogP contribution in [0.1, 0.15) is 29.7 Å². The van der Waals surface area contributed by atoms with Gasteiger partial charge >= 0.3 is 6.18 Å². The molecule has 0 bridgehead atoms. The molecule has 1 aromatic heterocycles. The van der Waals surface area contributed by atoms with Crippen LogP contribution in [0.5, 0.6) is 0 Å². The van der Waals surface area contributed by atoms with E-state index in [-0.39, 0.29) is 11.7 Å². The van der Waals surface area contributed by atoms with Crippen molar-refractivity contribution >= 4 is 5.82 Å². The number of rotatable bonds is 4. The Morgan fingerprint density at radius 1 is 1.08 bits per heavy atom. The van der Waals surface area contributed by atoms with E-state index in [0.717, 1.165) is 43.6 Å². The number of aromatic nitrogens is 2. The molecule has 1 fully saturated rings. The Morgan fingerprint density at radius 3 is 2.31 bits per heavy atom. The minimum absolute atomic E-state index is 0.209. The van der Waals surface area contributed by atoms with Crippen LogP contribution in [0.3, 0.4) is 0 Å². The van der Waals surface area contributed by atoms with Crippen molar-refractivity contribution in [3.8, 4) is 6.07 Å². The van der Waals surface area contributed by atoms with E-state index < -0.39 is 11.7 Å². The lowest BCUT2D eigenvalue weighted by atomic mass is 10.0. The third-order valence-electron chi connectivity index (χ3n) is 4.44. The number of halogens is 3. The van der Waals surface area contributed by atoms with Gasteiger partial charge in [0.1, 0.15) is 6.07 Å². The van der Waals surface area contributed by atoms with Crippen molar-refractivity contribution in [2.75, 3.05) is 18.0 Å². The average Bonchev–Trinajstić information content (AvgIpc) is 2.66. The third kappa shape index (κ3) is 4.29. The second kappa shape index (κ2) is 7.70. The fourth-order valence-electron chi connectivity index (χ4n) is 3.05. The molecule has 5 nitrogen and oxygen atoms in total. The van der Waals surface area contributed by atoms with E-state index in [1.807, 2.05) is 6.07 Å². The zero-order valence-electron chi connectivity index (χ0n) is 14.0. The molecule has 1 aliphatic rings. The van der Waals surface area contributed by atoms with Gasteiger partial charge in [0.25, 0.3) is 0 Å². The SMILES string of the molecule is N#Cc1ccc(N(Cc2ccc(C(F)(F)F)cc2)C2CCNCC2)nn1. The lowest BCUT2D eigenvalue weighted by Gasteiger charge is -2.35. The number of piperidine rings is 1. The van der Waals surface area contributed by atoms with Crippen LogP contribution in [-0.2, 0) is 12.7 Å². The fourth-order valence-corrected chi connectivity index (χ4v) is 3.05. The zero-order valence-corrected chi connectivity index (χ0v) is 14.0. The molecule has 0 unspecified atom stereocenters. The first-order valence-corrected chi connectivity index (χ1v) is 8.35. The lowest BCUT2D eigenvalue weighted by molar-refractivity contribution is -0.137. The van der Waals surface area contributed by atoms with Gasteiger partial charge in [0, 0.05) is 12.6 Å². The summed E-state index contributed by atoms with van der Waals surface area (Å²) in [5, 5.41) is 20.2. The van der Waals surface area contributed by atoms with E-state index in [9.17, 15) is 13.2 Å². The first-order chi connectivity index (χ1) is 12.5. The molecule has 1 aromatic carbocycles. The Balaban J connectivity index is 1.84. The summed E-state index contributed by atoms with van der Waals surface area (Å²) in [6.07, 6.45) is -2.53. The lowest BCUT2D eigenvalue weighted by Crippen LogP contribution is -2.43. The highest BCUT2D eigenvalue weighted by Crippen LogP contribution is 2.30. The van der Waals surface area contributed by atoms with Crippen molar-refractivity contribution in [1.29, 1.82) is 5.26 Å². The summed E-state index contributed by atoms with van der Waals surface area (Å²) in [6.45, 7) is 2.18. The van der Waals surface area contributed by atoms with Gasteiger partial charge < -0.3 is 10.2 Å². The van der Waals surface area contributed by atoms with Crippen LogP contribution in [0.2, 0.25) is 0 Å². The van der Waals surface area contributed by atoms with E-state index in [2.05, 4.69) is 20.4 Å². The molecule has 8 heteroatoms. The number of hydrogen-bond acceptors (Lipinski definition) is 5. The molecule has 2 aromatic rings. The number of nitrogens with zero attached hydrogens (tertiary/aromatic N) is 4. The maximum absolute atomic E-state index is 12.7. The van der Waals surface area contributed by atoms with Crippen molar-refractivity contribution in [1.82, 2.24) is 15.5 Å². The predicted molar refractivity (Wildman–Crippen MR) is 90.3 cm³/mol. The van der Waals surface area contributed by atoms with Gasteiger partial charge in [0.2, 0.25) is 0 Å². The summed E-state index contributed by atoms with van der Waals surface area (Å²) in [7, 11) is 0. The van der Waals surface area contributed by atoms with E-state index in [4.69, 9.17) is 5.26 Å². The second-order valence-electron chi connectivity index (χ2n) is 6.19. The number of alkyl halides is 3. The quantitative estimate of drug-likeness (QED) is 0.906. The summed E-state index contributed by atoms with van der Waals surface area (Å²) >= 11 is 0. The number of nitriles is 1. The van der Waals surface area contributed by atoms with Crippen molar-refractivity contribution in [2.45, 2.75) is 31.6 Å². The molecule has 0 atom stereocenters. The first kappa shape index (κ1) is 18.1. The predicted octanol–water partition coefficient (Wildman–Crippen LogP) is 3.13. The van der Waals surface area contributed by atoms with Crippen LogP contribution in [0.15, 0.2) is 36.4 Å². The number of anilines is 1. The van der Waals surface area contributed by atoms with Gasteiger partial charge in [-0.15, -0.1) is 10.2 Å². The van der Waals surface area contributed by atoms with Crippen LogP contribution >= 0.6 is 0 Å². The molecule has 1 N–H and O–H groups in total. The number of hydrogen-bond donors (Lipinski definition) is 1. The van der Waals surface area contributed by atoms with Crippen molar-refractivity contribution in [2.24, 2.45) is 0 Å². The maximum Gasteiger partial charge on any atom is 0.416 e. The van der Waals surface area contributed by atoms with Gasteiger partial charge in [-0.05, 0) is 55.8 Å². The van der Waals surface area contributed by atoms with E-state index in [0.29, 0.717) is 12.4 Å². The van der Waals surface area contributed by atoms with Gasteiger partial charge in [0.05, 0.1) is 5.56 Å². The zero-order chi connectivity index (χ0) is 18.6. The Kier molecular flexibility index (Phi) is 5.38. The molecule has 0 amide bonds. The topological polar surface area (TPSA) is 64.8 Å². The summed E-state index contributed by atoms with van der Waals surface area (Å²) < 4.78 is 38.2. The monoisotopic (exact) mass is 361 g/mol. The van der Waals surface area contributed by atoms with Crippen LogP contribution in [0.4, 0.5) is 19.0 Å². The Morgan fingerprint density at radius 2 is 1.77 bits per heavy atom.